The summed E-state index contributed by atoms with van der Waals surface area (Å²) in [4.78, 5) is 33.1. The van der Waals surface area contributed by atoms with Crippen LogP contribution >= 0.6 is 0 Å². The van der Waals surface area contributed by atoms with Crippen LogP contribution in [0.15, 0.2) is 24.5 Å². The van der Waals surface area contributed by atoms with E-state index in [4.69, 9.17) is 0 Å². The number of aromatic nitrogens is 1. The quantitative estimate of drug-likeness (QED) is 0.855. The van der Waals surface area contributed by atoms with Gasteiger partial charge in [0.25, 0.3) is 0 Å². The summed E-state index contributed by atoms with van der Waals surface area (Å²) in [5.74, 6) is 0.987. The topological polar surface area (TPSA) is 53.5 Å². The molecule has 0 radical (unpaired) electrons. The minimum Gasteiger partial charge on any atom is -0.340 e. The molecule has 3 fully saturated rings. The molecular formula is C18H23N3O2. The lowest BCUT2D eigenvalue weighted by Crippen LogP contribution is -2.58. The molecule has 0 aromatic carbocycles. The van der Waals surface area contributed by atoms with E-state index in [2.05, 4.69) is 4.98 Å². The highest BCUT2D eigenvalue weighted by Gasteiger charge is 2.43. The first-order valence-corrected chi connectivity index (χ1v) is 8.73. The Hall–Kier alpha value is -1.91. The lowest BCUT2D eigenvalue weighted by molar-refractivity contribution is -0.151. The molecule has 5 heteroatoms. The fourth-order valence-corrected chi connectivity index (χ4v) is 3.73. The minimum atomic E-state index is -0.213. The number of likely N-dealkylation sites (tertiary alicyclic amines) is 2. The van der Waals surface area contributed by atoms with E-state index in [1.54, 1.807) is 12.4 Å². The van der Waals surface area contributed by atoms with Crippen molar-refractivity contribution in [2.45, 2.75) is 44.1 Å². The number of rotatable bonds is 3. The maximum Gasteiger partial charge on any atom is 0.245 e. The summed E-state index contributed by atoms with van der Waals surface area (Å²) in [5, 5.41) is 0. The van der Waals surface area contributed by atoms with Gasteiger partial charge in [-0.05, 0) is 49.8 Å². The monoisotopic (exact) mass is 313 g/mol. The first kappa shape index (κ1) is 14.7. The van der Waals surface area contributed by atoms with Crippen LogP contribution in [0.2, 0.25) is 0 Å². The molecule has 0 N–H and O–H groups in total. The summed E-state index contributed by atoms with van der Waals surface area (Å²) in [7, 11) is 0. The van der Waals surface area contributed by atoms with Crippen molar-refractivity contribution in [3.05, 3.63) is 30.1 Å². The molecule has 122 valence electrons. The normalized spacial score (nSPS) is 25.1. The molecule has 1 aromatic heterocycles. The van der Waals surface area contributed by atoms with Crippen molar-refractivity contribution in [3.63, 3.8) is 0 Å². The van der Waals surface area contributed by atoms with Crippen LogP contribution in [0.4, 0.5) is 0 Å². The highest BCUT2D eigenvalue weighted by Crippen LogP contribution is 2.35. The van der Waals surface area contributed by atoms with E-state index in [0.717, 1.165) is 51.7 Å². The van der Waals surface area contributed by atoms with Crippen molar-refractivity contribution in [3.8, 4) is 0 Å². The molecule has 0 spiro atoms. The number of piperidine rings is 1. The van der Waals surface area contributed by atoms with E-state index in [-0.39, 0.29) is 23.8 Å². The largest absolute Gasteiger partial charge is 0.340 e. The van der Waals surface area contributed by atoms with Crippen molar-refractivity contribution in [2.75, 3.05) is 19.6 Å². The fraction of sp³-hybridized carbons (Fsp3) is 0.611. The van der Waals surface area contributed by atoms with Gasteiger partial charge in [0.15, 0.2) is 0 Å². The van der Waals surface area contributed by atoms with Crippen molar-refractivity contribution in [1.29, 1.82) is 0 Å². The third-order valence-electron chi connectivity index (χ3n) is 5.37. The first-order valence-electron chi connectivity index (χ1n) is 8.73. The van der Waals surface area contributed by atoms with Crippen molar-refractivity contribution >= 4 is 11.8 Å². The van der Waals surface area contributed by atoms with E-state index in [9.17, 15) is 9.59 Å². The van der Waals surface area contributed by atoms with Gasteiger partial charge in [0.1, 0.15) is 6.04 Å². The van der Waals surface area contributed by atoms with Crippen LogP contribution in [0.25, 0.3) is 0 Å². The second-order valence-electron chi connectivity index (χ2n) is 7.04. The Balaban J connectivity index is 1.39. The summed E-state index contributed by atoms with van der Waals surface area (Å²) in [6.45, 7) is 2.29. The Morgan fingerprint density at radius 1 is 1.00 bits per heavy atom. The maximum absolute atomic E-state index is 12.8. The molecule has 1 aliphatic carbocycles. The predicted octanol–water partition coefficient (Wildman–Crippen LogP) is 1.80. The Kier molecular flexibility index (Phi) is 3.79. The highest BCUT2D eigenvalue weighted by molar-refractivity contribution is 5.90. The van der Waals surface area contributed by atoms with Gasteiger partial charge >= 0.3 is 0 Å². The number of pyridine rings is 1. The van der Waals surface area contributed by atoms with Crippen LogP contribution < -0.4 is 0 Å². The van der Waals surface area contributed by atoms with Gasteiger partial charge in [-0.3, -0.25) is 14.6 Å². The summed E-state index contributed by atoms with van der Waals surface area (Å²) in [6.07, 6.45) is 8.52. The smallest absolute Gasteiger partial charge is 0.245 e. The number of nitrogens with zero attached hydrogens (tertiary/aromatic N) is 3. The second kappa shape index (κ2) is 5.95. The van der Waals surface area contributed by atoms with Gasteiger partial charge in [-0.15, -0.1) is 0 Å². The summed E-state index contributed by atoms with van der Waals surface area (Å²) >= 11 is 0. The molecule has 23 heavy (non-hydrogen) atoms. The lowest BCUT2D eigenvalue weighted by Gasteiger charge is -2.44. The van der Waals surface area contributed by atoms with Gasteiger partial charge in [0, 0.05) is 43.9 Å². The zero-order valence-electron chi connectivity index (χ0n) is 13.4. The molecule has 3 heterocycles. The third kappa shape index (κ3) is 2.84. The molecule has 0 bridgehead atoms. The van der Waals surface area contributed by atoms with E-state index >= 15 is 0 Å². The highest BCUT2D eigenvalue weighted by atomic mass is 16.2. The Labute approximate surface area is 136 Å². The SMILES string of the molecule is O=C([C@H]1CCCCN1C(=O)C1CC1)N1CC(c2ccncc2)C1. The van der Waals surface area contributed by atoms with Crippen LogP contribution in [0.5, 0.6) is 0 Å². The van der Waals surface area contributed by atoms with Crippen molar-refractivity contribution in [1.82, 2.24) is 14.8 Å². The summed E-state index contributed by atoms with van der Waals surface area (Å²) in [6, 6.07) is 3.83. The van der Waals surface area contributed by atoms with Gasteiger partial charge in [-0.1, -0.05) is 0 Å². The van der Waals surface area contributed by atoms with Crippen molar-refractivity contribution < 1.29 is 9.59 Å². The molecule has 1 aromatic rings. The molecular weight excluding hydrogens is 290 g/mol. The standard InChI is InChI=1S/C18H23N3O2/c22-17(14-4-5-14)21-10-2-1-3-16(21)18(23)20-11-15(12-20)13-6-8-19-9-7-13/h6-9,14-16H,1-5,10-12H2/t16-/m1/s1. The summed E-state index contributed by atoms with van der Waals surface area (Å²) in [5.41, 5.74) is 1.25. The number of hydrogen-bond donors (Lipinski definition) is 0. The molecule has 2 saturated heterocycles. The predicted molar refractivity (Wildman–Crippen MR) is 85.6 cm³/mol. The molecule has 2 amide bonds. The summed E-state index contributed by atoms with van der Waals surface area (Å²) < 4.78 is 0. The average molecular weight is 313 g/mol. The third-order valence-corrected chi connectivity index (χ3v) is 5.37. The fourth-order valence-electron chi connectivity index (χ4n) is 3.73. The van der Waals surface area contributed by atoms with Gasteiger partial charge < -0.3 is 9.80 Å². The molecule has 1 atom stereocenters. The van der Waals surface area contributed by atoms with Crippen LogP contribution in [0.3, 0.4) is 0 Å². The second-order valence-corrected chi connectivity index (χ2v) is 7.04. The van der Waals surface area contributed by atoms with E-state index in [1.807, 2.05) is 21.9 Å². The number of carbonyl (C=O) groups excluding carboxylic acids is 2. The molecule has 2 aliphatic heterocycles. The van der Waals surface area contributed by atoms with Crippen LogP contribution in [-0.2, 0) is 9.59 Å². The first-order chi connectivity index (χ1) is 11.2. The molecule has 3 aliphatic rings. The number of hydrogen-bond acceptors (Lipinski definition) is 3. The van der Waals surface area contributed by atoms with E-state index in [0.29, 0.717) is 5.92 Å². The van der Waals surface area contributed by atoms with E-state index < -0.39 is 0 Å². The number of carbonyl (C=O) groups is 2. The molecule has 5 nitrogen and oxygen atoms in total. The minimum absolute atomic E-state index is 0.156. The average Bonchev–Trinajstić information content (AvgIpc) is 3.38. The number of amides is 2. The van der Waals surface area contributed by atoms with Gasteiger partial charge in [0.05, 0.1) is 0 Å². The Morgan fingerprint density at radius 2 is 1.74 bits per heavy atom. The zero-order chi connectivity index (χ0) is 15.8. The maximum atomic E-state index is 12.8. The Morgan fingerprint density at radius 3 is 2.43 bits per heavy atom. The molecule has 0 unspecified atom stereocenters. The van der Waals surface area contributed by atoms with Crippen LogP contribution in [-0.4, -0.2) is 52.3 Å². The van der Waals surface area contributed by atoms with Crippen LogP contribution in [0, 0.1) is 5.92 Å². The van der Waals surface area contributed by atoms with Gasteiger partial charge in [-0.25, -0.2) is 0 Å². The van der Waals surface area contributed by atoms with Gasteiger partial charge in [0.2, 0.25) is 11.8 Å². The lowest BCUT2D eigenvalue weighted by atomic mass is 9.90. The Bertz CT molecular complexity index is 594. The van der Waals surface area contributed by atoms with Gasteiger partial charge in [-0.2, -0.15) is 0 Å². The van der Waals surface area contributed by atoms with Crippen molar-refractivity contribution in [2.24, 2.45) is 5.92 Å². The van der Waals surface area contributed by atoms with Crippen LogP contribution in [0.1, 0.15) is 43.6 Å². The van der Waals surface area contributed by atoms with E-state index in [1.165, 1.54) is 5.56 Å². The zero-order valence-corrected chi connectivity index (χ0v) is 13.4. The molecule has 1 saturated carbocycles. The molecule has 4 rings (SSSR count).